The minimum atomic E-state index is -0.425. The Balaban J connectivity index is 1.77. The minimum Gasteiger partial charge on any atom is -0.371 e. The third-order valence-electron chi connectivity index (χ3n) is 6.47. The maximum atomic E-state index is 14.3. The van der Waals surface area contributed by atoms with E-state index < -0.39 is 6.04 Å². The lowest BCUT2D eigenvalue weighted by molar-refractivity contribution is 0.774. The number of anilines is 2. The van der Waals surface area contributed by atoms with Crippen LogP contribution in [0.25, 0.3) is 32.4 Å². The number of hydrogen-bond acceptors (Lipinski definition) is 6. The molecule has 9 nitrogen and oxygen atoms in total. The first-order chi connectivity index (χ1) is 18.3. The molecule has 0 aliphatic carbocycles. The van der Waals surface area contributed by atoms with Gasteiger partial charge < -0.3 is 15.6 Å². The normalized spacial score (nSPS) is 11.7. The summed E-state index contributed by atoms with van der Waals surface area (Å²) < 4.78 is 3.20. The molecular weight excluding hydrogens is 478 g/mol. The third-order valence-corrected chi connectivity index (χ3v) is 6.47. The number of fused-ring (bicyclic) bond motifs is 1. The Morgan fingerprint density at radius 1 is 1.05 bits per heavy atom. The maximum absolute atomic E-state index is 14.3. The molecule has 0 radical (unpaired) electrons. The van der Waals surface area contributed by atoms with Crippen LogP contribution in [0.4, 0.5) is 17.5 Å². The molecule has 1 atom stereocenters. The highest BCUT2D eigenvalue weighted by molar-refractivity contribution is 5.96. The molecule has 0 aliphatic rings. The van der Waals surface area contributed by atoms with E-state index in [1.807, 2.05) is 67.6 Å². The molecule has 0 aliphatic heterocycles. The van der Waals surface area contributed by atoms with Gasteiger partial charge in [0.1, 0.15) is 5.82 Å². The molecule has 38 heavy (non-hydrogen) atoms. The Labute approximate surface area is 218 Å². The highest BCUT2D eigenvalue weighted by Gasteiger charge is 2.20. The zero-order valence-electron chi connectivity index (χ0n) is 21.1. The van der Waals surface area contributed by atoms with Crippen LogP contribution in [0.2, 0.25) is 0 Å². The Kier molecular flexibility index (Phi) is 6.23. The number of pyridine rings is 2. The highest BCUT2D eigenvalue weighted by atomic mass is 16.1. The lowest BCUT2D eigenvalue weighted by Gasteiger charge is -2.22. The molecule has 0 bridgehead atoms. The van der Waals surface area contributed by atoms with Gasteiger partial charge in [-0.15, -0.1) is 0 Å². The van der Waals surface area contributed by atoms with Crippen molar-refractivity contribution in [2.75, 3.05) is 11.1 Å². The molecule has 0 fully saturated rings. The van der Waals surface area contributed by atoms with Crippen molar-refractivity contribution in [2.24, 2.45) is 7.05 Å². The number of aryl methyl sites for hydroxylation is 2. The molecule has 5 rings (SSSR count). The van der Waals surface area contributed by atoms with E-state index in [2.05, 4.69) is 20.1 Å². The lowest BCUT2D eigenvalue weighted by Crippen LogP contribution is -2.26. The lowest BCUT2D eigenvalue weighted by atomic mass is 9.98. The number of nitrogens with two attached hydrogens (primary N) is 1. The Hall–Kier alpha value is -5.23. The van der Waals surface area contributed by atoms with E-state index in [4.69, 9.17) is 12.3 Å². The van der Waals surface area contributed by atoms with Crippen molar-refractivity contribution in [2.45, 2.75) is 19.9 Å². The van der Waals surface area contributed by atoms with Gasteiger partial charge in [-0.1, -0.05) is 36.4 Å². The largest absolute Gasteiger partial charge is 0.371 e. The van der Waals surface area contributed by atoms with Gasteiger partial charge in [0, 0.05) is 36.4 Å². The Bertz CT molecular complexity index is 1820. The van der Waals surface area contributed by atoms with Crippen molar-refractivity contribution < 1.29 is 0 Å². The van der Waals surface area contributed by atoms with Crippen molar-refractivity contribution in [1.82, 2.24) is 19.1 Å². The summed E-state index contributed by atoms with van der Waals surface area (Å²) in [6.07, 6.45) is 3.12. The molecule has 3 aromatic heterocycles. The molecule has 0 unspecified atom stereocenters. The van der Waals surface area contributed by atoms with Gasteiger partial charge in [-0.05, 0) is 54.6 Å². The van der Waals surface area contributed by atoms with E-state index >= 15 is 0 Å². The highest BCUT2D eigenvalue weighted by Crippen LogP contribution is 2.31. The molecule has 3 heterocycles. The van der Waals surface area contributed by atoms with Gasteiger partial charge in [-0.2, -0.15) is 0 Å². The summed E-state index contributed by atoms with van der Waals surface area (Å²) in [6.45, 7) is 11.1. The molecule has 0 saturated heterocycles. The maximum Gasteiger partial charge on any atom is 0.263 e. The second kappa shape index (κ2) is 9.67. The van der Waals surface area contributed by atoms with Crippen molar-refractivity contribution >= 4 is 28.2 Å². The second-order valence-electron chi connectivity index (χ2n) is 9.08. The minimum absolute atomic E-state index is 0.0447. The molecule has 0 spiro atoms. The molecule has 2 aromatic carbocycles. The van der Waals surface area contributed by atoms with Crippen LogP contribution in [0, 0.1) is 13.5 Å². The summed E-state index contributed by atoms with van der Waals surface area (Å²) in [6, 6.07) is 18.4. The van der Waals surface area contributed by atoms with Gasteiger partial charge in [0.15, 0.2) is 0 Å². The van der Waals surface area contributed by atoms with Crippen LogP contribution in [0.3, 0.4) is 0 Å². The van der Waals surface area contributed by atoms with Crippen LogP contribution >= 0.6 is 0 Å². The molecule has 188 valence electrons. The fourth-order valence-corrected chi connectivity index (χ4v) is 4.67. The van der Waals surface area contributed by atoms with Crippen molar-refractivity contribution in [3.8, 4) is 16.8 Å². The summed E-state index contributed by atoms with van der Waals surface area (Å²) in [5, 5.41) is 4.54. The fraction of sp³-hybridized carbons (Fsp3) is 0.138. The predicted molar refractivity (Wildman–Crippen MR) is 150 cm³/mol. The number of nitrogen functional groups attached to an aromatic ring is 1. The quantitative estimate of drug-likeness (QED) is 0.335. The summed E-state index contributed by atoms with van der Waals surface area (Å²) in [5.41, 5.74) is 9.21. The van der Waals surface area contributed by atoms with E-state index in [1.54, 1.807) is 24.7 Å². The standard InChI is InChI=1S/C29H25N7O2/c1-17-13-20(16-35(4)27(17)37)22-12-8-9-19-14-24(18(2)33-26-23(31-3)15-32-29(30)34-26)36(28(38)25(19)22)21-10-6-5-7-11-21/h5-16,18H,1-2,4H3,(H3,30,32,33,34)/t18-/m0/s1. The third kappa shape index (κ3) is 4.29. The average Bonchev–Trinajstić information content (AvgIpc) is 2.91. The Morgan fingerprint density at radius 3 is 2.53 bits per heavy atom. The smallest absolute Gasteiger partial charge is 0.263 e. The van der Waals surface area contributed by atoms with E-state index in [-0.39, 0.29) is 22.8 Å². The number of hydrogen-bond donors (Lipinski definition) is 2. The second-order valence-corrected chi connectivity index (χ2v) is 9.08. The number of rotatable bonds is 5. The predicted octanol–water partition coefficient (Wildman–Crippen LogP) is 4.76. The van der Waals surface area contributed by atoms with Crippen molar-refractivity contribution in [3.63, 3.8) is 0 Å². The zero-order chi connectivity index (χ0) is 27.0. The first-order valence-corrected chi connectivity index (χ1v) is 12.0. The summed E-state index contributed by atoms with van der Waals surface area (Å²) in [4.78, 5) is 38.2. The van der Waals surface area contributed by atoms with Gasteiger partial charge >= 0.3 is 0 Å². The summed E-state index contributed by atoms with van der Waals surface area (Å²) in [5.74, 6) is 0.338. The molecule has 0 amide bonds. The van der Waals surface area contributed by atoms with Gasteiger partial charge in [0.05, 0.1) is 18.0 Å². The van der Waals surface area contributed by atoms with Crippen LogP contribution in [0.1, 0.15) is 24.2 Å². The molecule has 9 heteroatoms. The van der Waals surface area contributed by atoms with Crippen LogP contribution < -0.4 is 22.2 Å². The van der Waals surface area contributed by atoms with E-state index in [1.165, 1.54) is 10.8 Å². The monoisotopic (exact) mass is 503 g/mol. The van der Waals surface area contributed by atoms with E-state index in [0.29, 0.717) is 28.1 Å². The number of nitrogens with zero attached hydrogens (tertiary/aromatic N) is 5. The van der Waals surface area contributed by atoms with Crippen LogP contribution in [-0.2, 0) is 7.05 Å². The molecule has 0 saturated carbocycles. The SMILES string of the molecule is [C-]#[N+]c1cnc(N)nc1N[C@@H](C)c1cc2cccc(-c3cc(C)c(=O)n(C)c3)c2c(=O)n1-c1ccccc1. The van der Waals surface area contributed by atoms with Gasteiger partial charge in [-0.3, -0.25) is 14.2 Å². The van der Waals surface area contributed by atoms with Crippen molar-refractivity contribution in [1.29, 1.82) is 0 Å². The van der Waals surface area contributed by atoms with Crippen LogP contribution in [-0.4, -0.2) is 19.1 Å². The van der Waals surface area contributed by atoms with Gasteiger partial charge in [-0.25, -0.2) is 14.8 Å². The molecule has 5 aromatic rings. The number of aromatic nitrogens is 4. The van der Waals surface area contributed by atoms with Gasteiger partial charge in [0.2, 0.25) is 11.6 Å². The van der Waals surface area contributed by atoms with Crippen molar-refractivity contribution in [3.05, 3.63) is 116 Å². The van der Waals surface area contributed by atoms with Crippen LogP contribution in [0.5, 0.6) is 0 Å². The van der Waals surface area contributed by atoms with Crippen LogP contribution in [0.15, 0.2) is 82.6 Å². The first-order valence-electron chi connectivity index (χ1n) is 12.0. The number of nitrogens with one attached hydrogen (secondary N) is 1. The average molecular weight is 504 g/mol. The van der Waals surface area contributed by atoms with E-state index in [0.717, 1.165) is 16.5 Å². The molecule has 3 N–H and O–H groups in total. The van der Waals surface area contributed by atoms with Gasteiger partial charge in [0.25, 0.3) is 11.1 Å². The molecular formula is C29H25N7O2. The van der Waals surface area contributed by atoms with E-state index in [9.17, 15) is 9.59 Å². The zero-order valence-corrected chi connectivity index (χ0v) is 21.1. The fourth-order valence-electron chi connectivity index (χ4n) is 4.67. The Morgan fingerprint density at radius 2 is 1.82 bits per heavy atom. The first kappa shape index (κ1) is 24.5. The topological polar surface area (TPSA) is 112 Å². The summed E-state index contributed by atoms with van der Waals surface area (Å²) in [7, 11) is 1.70. The number of benzene rings is 2. The summed E-state index contributed by atoms with van der Waals surface area (Å²) >= 11 is 0. The number of para-hydroxylation sites is 1.